The zero-order chi connectivity index (χ0) is 20.0. The second kappa shape index (κ2) is 6.58. The average molecular weight is 388 g/mol. The van der Waals surface area contributed by atoms with Gasteiger partial charge in [0.2, 0.25) is 0 Å². The SMILES string of the molecule is CCC(C)(C)C(=O)OC1C2(CCCCC2)COC(O)(C(F)(F)F)C1(F)F. The van der Waals surface area contributed by atoms with Crippen LogP contribution in [0.2, 0.25) is 0 Å². The van der Waals surface area contributed by atoms with Crippen LogP contribution in [-0.4, -0.2) is 41.7 Å². The molecule has 152 valence electrons. The summed E-state index contributed by atoms with van der Waals surface area (Å²) in [6, 6.07) is 0. The van der Waals surface area contributed by atoms with Crippen molar-refractivity contribution in [3.8, 4) is 0 Å². The fourth-order valence-electron chi connectivity index (χ4n) is 3.53. The van der Waals surface area contributed by atoms with Crippen LogP contribution in [0.15, 0.2) is 0 Å². The Morgan fingerprint density at radius 2 is 1.73 bits per heavy atom. The van der Waals surface area contributed by atoms with E-state index in [0.29, 0.717) is 12.8 Å². The molecule has 2 atom stereocenters. The highest BCUT2D eigenvalue weighted by Crippen LogP contribution is 2.57. The zero-order valence-corrected chi connectivity index (χ0v) is 15.1. The van der Waals surface area contributed by atoms with Crippen molar-refractivity contribution in [1.82, 2.24) is 0 Å². The van der Waals surface area contributed by atoms with Gasteiger partial charge in [0.25, 0.3) is 0 Å². The van der Waals surface area contributed by atoms with Gasteiger partial charge in [-0.25, -0.2) is 0 Å². The fourth-order valence-corrected chi connectivity index (χ4v) is 3.53. The van der Waals surface area contributed by atoms with Gasteiger partial charge in [0.15, 0.2) is 6.10 Å². The third kappa shape index (κ3) is 3.21. The smallest absolute Gasteiger partial charge is 0.449 e. The van der Waals surface area contributed by atoms with Gasteiger partial charge in [-0.15, -0.1) is 0 Å². The van der Waals surface area contributed by atoms with Crippen molar-refractivity contribution < 1.29 is 41.3 Å². The largest absolute Gasteiger partial charge is 0.455 e. The van der Waals surface area contributed by atoms with E-state index in [2.05, 4.69) is 4.74 Å². The topological polar surface area (TPSA) is 55.8 Å². The summed E-state index contributed by atoms with van der Waals surface area (Å²) in [5.74, 6) is -10.5. The normalized spacial score (nSPS) is 31.7. The highest BCUT2D eigenvalue weighted by atomic mass is 19.4. The van der Waals surface area contributed by atoms with Crippen LogP contribution >= 0.6 is 0 Å². The first-order valence-electron chi connectivity index (χ1n) is 8.75. The quantitative estimate of drug-likeness (QED) is 0.582. The summed E-state index contributed by atoms with van der Waals surface area (Å²) in [4.78, 5) is 12.4. The van der Waals surface area contributed by atoms with E-state index in [0.717, 1.165) is 6.42 Å². The average Bonchev–Trinajstić information content (AvgIpc) is 2.55. The van der Waals surface area contributed by atoms with Crippen LogP contribution in [0.3, 0.4) is 0 Å². The van der Waals surface area contributed by atoms with Crippen molar-refractivity contribution in [2.45, 2.75) is 83.3 Å². The molecule has 0 aromatic rings. The first-order valence-corrected chi connectivity index (χ1v) is 8.75. The van der Waals surface area contributed by atoms with Gasteiger partial charge in [-0.1, -0.05) is 26.2 Å². The van der Waals surface area contributed by atoms with E-state index in [-0.39, 0.29) is 19.3 Å². The molecule has 9 heteroatoms. The van der Waals surface area contributed by atoms with E-state index in [1.165, 1.54) is 13.8 Å². The third-order valence-corrected chi connectivity index (χ3v) is 5.80. The molecule has 0 aromatic heterocycles. The number of hydrogen-bond donors (Lipinski definition) is 1. The molecule has 1 saturated carbocycles. The van der Waals surface area contributed by atoms with Crippen molar-refractivity contribution >= 4 is 5.97 Å². The molecule has 1 heterocycles. The number of halogens is 5. The number of aliphatic hydroxyl groups is 1. The molecule has 1 N–H and O–H groups in total. The van der Waals surface area contributed by atoms with Crippen molar-refractivity contribution in [2.75, 3.05) is 6.61 Å². The van der Waals surface area contributed by atoms with Crippen molar-refractivity contribution in [3.05, 3.63) is 0 Å². The second-order valence-corrected chi connectivity index (χ2v) is 8.00. The molecular weight excluding hydrogens is 363 g/mol. The fraction of sp³-hybridized carbons (Fsp3) is 0.941. The minimum absolute atomic E-state index is 0.140. The van der Waals surface area contributed by atoms with Crippen LogP contribution in [-0.2, 0) is 14.3 Å². The van der Waals surface area contributed by atoms with Crippen LogP contribution in [0.5, 0.6) is 0 Å². The standard InChI is InChI=1S/C17H25F5O4/c1-4-13(2,3)12(23)26-11-14(8-6-5-7-9-14)10-25-16(24,15(11,18)19)17(20,21)22/h11,24H,4-10H2,1-3H3. The lowest BCUT2D eigenvalue weighted by atomic mass is 9.66. The minimum Gasteiger partial charge on any atom is -0.455 e. The van der Waals surface area contributed by atoms with Crippen LogP contribution in [0.1, 0.15) is 59.3 Å². The van der Waals surface area contributed by atoms with Crippen LogP contribution in [0.4, 0.5) is 22.0 Å². The molecule has 0 aromatic carbocycles. The molecule has 1 saturated heterocycles. The van der Waals surface area contributed by atoms with Crippen molar-refractivity contribution in [3.63, 3.8) is 0 Å². The van der Waals surface area contributed by atoms with E-state index in [1.807, 2.05) is 0 Å². The minimum atomic E-state index is -5.74. The second-order valence-electron chi connectivity index (χ2n) is 8.00. The Hall–Kier alpha value is -0.960. The molecule has 2 unspecified atom stereocenters. The number of rotatable bonds is 3. The monoisotopic (exact) mass is 388 g/mol. The number of hydrogen-bond acceptors (Lipinski definition) is 4. The molecule has 0 radical (unpaired) electrons. The summed E-state index contributed by atoms with van der Waals surface area (Å²) in [5, 5.41) is 9.70. The Morgan fingerprint density at radius 3 is 2.19 bits per heavy atom. The molecule has 4 nitrogen and oxygen atoms in total. The number of carbonyl (C=O) groups excluding carboxylic acids is 1. The molecule has 0 amide bonds. The molecule has 1 aliphatic heterocycles. The molecule has 1 spiro atoms. The Morgan fingerprint density at radius 1 is 1.19 bits per heavy atom. The molecular formula is C17H25F5O4. The highest BCUT2D eigenvalue weighted by Gasteiger charge is 2.80. The molecule has 2 aliphatic rings. The van der Waals surface area contributed by atoms with Gasteiger partial charge in [0, 0.05) is 5.41 Å². The highest BCUT2D eigenvalue weighted by molar-refractivity contribution is 5.76. The van der Waals surface area contributed by atoms with Crippen LogP contribution in [0.25, 0.3) is 0 Å². The number of alkyl halides is 5. The van der Waals surface area contributed by atoms with E-state index >= 15 is 0 Å². The Kier molecular flexibility index (Phi) is 5.40. The summed E-state index contributed by atoms with van der Waals surface area (Å²) >= 11 is 0. The lowest BCUT2D eigenvalue weighted by molar-refractivity contribution is -0.473. The summed E-state index contributed by atoms with van der Waals surface area (Å²) in [6.07, 6.45) is -5.84. The summed E-state index contributed by atoms with van der Waals surface area (Å²) in [5.41, 5.74) is -2.58. The number of esters is 1. The van der Waals surface area contributed by atoms with E-state index < -0.39 is 47.4 Å². The van der Waals surface area contributed by atoms with Gasteiger partial charge in [0.1, 0.15) is 0 Å². The lowest BCUT2D eigenvalue weighted by Crippen LogP contribution is -2.74. The maximum absolute atomic E-state index is 14.9. The van der Waals surface area contributed by atoms with Gasteiger partial charge in [0.05, 0.1) is 12.0 Å². The predicted octanol–water partition coefficient (Wildman–Crippen LogP) is 4.20. The maximum atomic E-state index is 14.9. The van der Waals surface area contributed by atoms with Gasteiger partial charge >= 0.3 is 23.9 Å². The third-order valence-electron chi connectivity index (χ3n) is 5.80. The molecule has 26 heavy (non-hydrogen) atoms. The molecule has 0 bridgehead atoms. The van der Waals surface area contributed by atoms with Crippen molar-refractivity contribution in [2.24, 2.45) is 10.8 Å². The predicted molar refractivity (Wildman–Crippen MR) is 81.4 cm³/mol. The number of ether oxygens (including phenoxy) is 2. The Balaban J connectivity index is 2.47. The molecule has 2 fully saturated rings. The van der Waals surface area contributed by atoms with E-state index in [1.54, 1.807) is 6.92 Å². The molecule has 1 aliphatic carbocycles. The lowest BCUT2D eigenvalue weighted by Gasteiger charge is -2.54. The first kappa shape index (κ1) is 21.3. The van der Waals surface area contributed by atoms with E-state index in [4.69, 9.17) is 4.74 Å². The zero-order valence-electron chi connectivity index (χ0n) is 15.1. The van der Waals surface area contributed by atoms with Gasteiger partial charge in [-0.2, -0.15) is 22.0 Å². The number of carbonyl (C=O) groups is 1. The Bertz CT molecular complexity index is 540. The van der Waals surface area contributed by atoms with Crippen LogP contribution < -0.4 is 0 Å². The van der Waals surface area contributed by atoms with Crippen molar-refractivity contribution in [1.29, 1.82) is 0 Å². The van der Waals surface area contributed by atoms with Gasteiger partial charge < -0.3 is 14.6 Å². The first-order chi connectivity index (χ1) is 11.7. The van der Waals surface area contributed by atoms with Crippen LogP contribution in [0, 0.1) is 10.8 Å². The van der Waals surface area contributed by atoms with E-state index in [9.17, 15) is 31.9 Å². The maximum Gasteiger partial charge on any atom is 0.449 e. The summed E-state index contributed by atoms with van der Waals surface area (Å²) in [6.45, 7) is 3.83. The van der Waals surface area contributed by atoms with Gasteiger partial charge in [-0.3, -0.25) is 4.79 Å². The van der Waals surface area contributed by atoms with Gasteiger partial charge in [-0.05, 0) is 33.1 Å². The Labute approximate surface area is 149 Å². The molecule has 2 rings (SSSR count). The summed E-state index contributed by atoms with van der Waals surface area (Å²) in [7, 11) is 0. The summed E-state index contributed by atoms with van der Waals surface area (Å²) < 4.78 is 78.8.